The molecule has 0 unspecified atom stereocenters. The van der Waals surface area contributed by atoms with Crippen molar-refractivity contribution in [2.45, 2.75) is 13.3 Å². The van der Waals surface area contributed by atoms with E-state index < -0.39 is 11.8 Å². The summed E-state index contributed by atoms with van der Waals surface area (Å²) in [5.74, 6) is -0.661. The van der Waals surface area contributed by atoms with Gasteiger partial charge in [-0.25, -0.2) is 0 Å². The van der Waals surface area contributed by atoms with E-state index in [2.05, 4.69) is 17.2 Å². The summed E-state index contributed by atoms with van der Waals surface area (Å²) in [6, 6.07) is 6.85. The van der Waals surface area contributed by atoms with Crippen LogP contribution in [0, 0.1) is 0 Å². The van der Waals surface area contributed by atoms with Crippen molar-refractivity contribution in [3.05, 3.63) is 36.9 Å². The van der Waals surface area contributed by atoms with Gasteiger partial charge in [0.2, 0.25) is 0 Å². The lowest BCUT2D eigenvalue weighted by molar-refractivity contribution is -0.136. The average Bonchev–Trinajstić information content (AvgIpc) is 2.43. The predicted molar refractivity (Wildman–Crippen MR) is 74.1 cm³/mol. The van der Waals surface area contributed by atoms with Crippen LogP contribution in [0.1, 0.15) is 13.3 Å². The van der Waals surface area contributed by atoms with Crippen molar-refractivity contribution in [2.24, 2.45) is 0 Å². The van der Waals surface area contributed by atoms with E-state index in [1.165, 1.54) is 6.08 Å². The molecule has 0 saturated heterocycles. The number of hydrogen-bond acceptors (Lipinski definition) is 3. The molecular weight excluding hydrogens is 244 g/mol. The molecule has 0 aromatic heterocycles. The molecule has 0 aliphatic carbocycles. The van der Waals surface area contributed by atoms with Crippen molar-refractivity contribution in [1.29, 1.82) is 0 Å². The molecule has 19 heavy (non-hydrogen) atoms. The smallest absolute Gasteiger partial charge is 0.313 e. The molecule has 0 bridgehead atoms. The lowest BCUT2D eigenvalue weighted by atomic mass is 10.3. The first-order valence-corrected chi connectivity index (χ1v) is 6.10. The van der Waals surface area contributed by atoms with Crippen molar-refractivity contribution in [1.82, 2.24) is 5.32 Å². The van der Waals surface area contributed by atoms with Crippen LogP contribution in [-0.2, 0) is 9.59 Å². The highest BCUT2D eigenvalue weighted by atomic mass is 16.5. The van der Waals surface area contributed by atoms with E-state index in [0.717, 1.165) is 12.2 Å². The van der Waals surface area contributed by atoms with Gasteiger partial charge in [-0.15, -0.1) is 6.58 Å². The molecular formula is C14H18N2O3. The van der Waals surface area contributed by atoms with Gasteiger partial charge in [0.05, 0.1) is 6.61 Å². The number of anilines is 1. The van der Waals surface area contributed by atoms with Crippen molar-refractivity contribution < 1.29 is 14.3 Å². The van der Waals surface area contributed by atoms with E-state index in [1.54, 1.807) is 24.3 Å². The summed E-state index contributed by atoms with van der Waals surface area (Å²) in [6.45, 7) is 6.38. The molecule has 0 fully saturated rings. The van der Waals surface area contributed by atoms with Crippen LogP contribution in [0.5, 0.6) is 5.75 Å². The van der Waals surface area contributed by atoms with Crippen LogP contribution >= 0.6 is 0 Å². The minimum atomic E-state index is -0.705. The SMILES string of the molecule is C=CCNC(=O)C(=O)Nc1ccc(OCCC)cc1. The summed E-state index contributed by atoms with van der Waals surface area (Å²) in [6.07, 6.45) is 2.44. The molecule has 0 atom stereocenters. The van der Waals surface area contributed by atoms with Gasteiger partial charge in [-0.1, -0.05) is 13.0 Å². The zero-order valence-electron chi connectivity index (χ0n) is 10.9. The zero-order valence-corrected chi connectivity index (χ0v) is 10.9. The Morgan fingerprint density at radius 2 is 1.95 bits per heavy atom. The number of nitrogens with one attached hydrogen (secondary N) is 2. The summed E-state index contributed by atoms with van der Waals surface area (Å²) in [5, 5.41) is 4.89. The molecule has 1 aromatic rings. The van der Waals surface area contributed by atoms with Crippen LogP contribution in [-0.4, -0.2) is 25.0 Å². The second-order valence-corrected chi connectivity index (χ2v) is 3.83. The van der Waals surface area contributed by atoms with Crippen LogP contribution in [0.3, 0.4) is 0 Å². The van der Waals surface area contributed by atoms with Gasteiger partial charge < -0.3 is 15.4 Å². The first-order chi connectivity index (χ1) is 9.17. The number of amides is 2. The van der Waals surface area contributed by atoms with Gasteiger partial charge >= 0.3 is 11.8 Å². The average molecular weight is 262 g/mol. The standard InChI is InChI=1S/C14H18N2O3/c1-3-9-15-13(17)14(18)16-11-5-7-12(8-6-11)19-10-4-2/h3,5-8H,1,4,9-10H2,2H3,(H,15,17)(H,16,18). The number of carbonyl (C=O) groups excluding carboxylic acids is 2. The largest absolute Gasteiger partial charge is 0.494 e. The summed E-state index contributed by atoms with van der Waals surface area (Å²) in [4.78, 5) is 22.8. The number of ether oxygens (including phenoxy) is 1. The Morgan fingerprint density at radius 3 is 2.53 bits per heavy atom. The van der Waals surface area contributed by atoms with Crippen LogP contribution in [0.4, 0.5) is 5.69 Å². The lowest BCUT2D eigenvalue weighted by Gasteiger charge is -2.07. The van der Waals surface area contributed by atoms with Gasteiger partial charge in [0.1, 0.15) is 5.75 Å². The van der Waals surface area contributed by atoms with Crippen molar-refractivity contribution in [3.8, 4) is 5.75 Å². The Kier molecular flexibility index (Phi) is 6.15. The maximum Gasteiger partial charge on any atom is 0.313 e. The first-order valence-electron chi connectivity index (χ1n) is 6.10. The molecule has 0 radical (unpaired) electrons. The van der Waals surface area contributed by atoms with Crippen molar-refractivity contribution in [2.75, 3.05) is 18.5 Å². The molecule has 0 saturated carbocycles. The van der Waals surface area contributed by atoms with E-state index in [9.17, 15) is 9.59 Å². The number of carbonyl (C=O) groups is 2. The molecule has 0 spiro atoms. The number of benzene rings is 1. The first kappa shape index (κ1) is 14.8. The molecule has 102 valence electrons. The van der Waals surface area contributed by atoms with Gasteiger partial charge in [0.25, 0.3) is 0 Å². The topological polar surface area (TPSA) is 67.4 Å². The van der Waals surface area contributed by atoms with Crippen LogP contribution in [0.2, 0.25) is 0 Å². The van der Waals surface area contributed by atoms with Crippen molar-refractivity contribution in [3.63, 3.8) is 0 Å². The van der Waals surface area contributed by atoms with E-state index >= 15 is 0 Å². The van der Waals surface area contributed by atoms with Crippen LogP contribution < -0.4 is 15.4 Å². The summed E-state index contributed by atoms with van der Waals surface area (Å²) in [7, 11) is 0. The molecule has 0 aliphatic rings. The fraction of sp³-hybridized carbons (Fsp3) is 0.286. The van der Waals surface area contributed by atoms with E-state index in [1.807, 2.05) is 6.92 Å². The van der Waals surface area contributed by atoms with Gasteiger partial charge in [-0.2, -0.15) is 0 Å². The van der Waals surface area contributed by atoms with Crippen molar-refractivity contribution >= 4 is 17.5 Å². The third kappa shape index (κ3) is 5.25. The number of rotatable bonds is 6. The molecule has 0 aliphatic heterocycles. The molecule has 0 heterocycles. The molecule has 1 rings (SSSR count). The summed E-state index contributed by atoms with van der Waals surface area (Å²) < 4.78 is 5.41. The minimum Gasteiger partial charge on any atom is -0.494 e. The van der Waals surface area contributed by atoms with Gasteiger partial charge in [-0.05, 0) is 30.7 Å². The monoisotopic (exact) mass is 262 g/mol. The third-order valence-corrected chi connectivity index (χ3v) is 2.20. The Balaban J connectivity index is 2.50. The van der Waals surface area contributed by atoms with Gasteiger partial charge in [-0.3, -0.25) is 9.59 Å². The second kappa shape index (κ2) is 7.92. The number of hydrogen-bond donors (Lipinski definition) is 2. The quantitative estimate of drug-likeness (QED) is 0.606. The summed E-state index contributed by atoms with van der Waals surface area (Å²) >= 11 is 0. The van der Waals surface area contributed by atoms with E-state index in [4.69, 9.17) is 4.74 Å². The highest BCUT2D eigenvalue weighted by Gasteiger charge is 2.12. The normalized spacial score (nSPS) is 9.53. The Hall–Kier alpha value is -2.30. The maximum absolute atomic E-state index is 11.5. The maximum atomic E-state index is 11.5. The highest BCUT2D eigenvalue weighted by Crippen LogP contribution is 2.15. The molecule has 2 amide bonds. The Labute approximate surface area is 112 Å². The fourth-order valence-electron chi connectivity index (χ4n) is 1.29. The fourth-order valence-corrected chi connectivity index (χ4v) is 1.29. The minimum absolute atomic E-state index is 0.260. The third-order valence-electron chi connectivity index (χ3n) is 2.20. The van der Waals surface area contributed by atoms with Crippen LogP contribution in [0.25, 0.3) is 0 Å². The van der Waals surface area contributed by atoms with Crippen LogP contribution in [0.15, 0.2) is 36.9 Å². The molecule has 2 N–H and O–H groups in total. The molecule has 1 aromatic carbocycles. The molecule has 5 heteroatoms. The molecule has 5 nitrogen and oxygen atoms in total. The Bertz CT molecular complexity index is 441. The zero-order chi connectivity index (χ0) is 14.1. The van der Waals surface area contributed by atoms with Gasteiger partial charge in [0.15, 0.2) is 0 Å². The Morgan fingerprint density at radius 1 is 1.26 bits per heavy atom. The van der Waals surface area contributed by atoms with E-state index in [-0.39, 0.29) is 6.54 Å². The second-order valence-electron chi connectivity index (χ2n) is 3.83. The summed E-state index contributed by atoms with van der Waals surface area (Å²) in [5.41, 5.74) is 0.544. The lowest BCUT2D eigenvalue weighted by Crippen LogP contribution is -2.35. The highest BCUT2D eigenvalue weighted by molar-refractivity contribution is 6.39. The van der Waals surface area contributed by atoms with Gasteiger partial charge in [0, 0.05) is 12.2 Å². The predicted octanol–water partition coefficient (Wildman–Crippen LogP) is 1.72. The van der Waals surface area contributed by atoms with E-state index in [0.29, 0.717) is 12.3 Å².